The van der Waals surface area contributed by atoms with E-state index in [1.165, 1.54) is 6.07 Å². The molecule has 0 aliphatic heterocycles. The Morgan fingerprint density at radius 2 is 2.07 bits per heavy atom. The van der Waals surface area contributed by atoms with Gasteiger partial charge in [-0.2, -0.15) is 0 Å². The van der Waals surface area contributed by atoms with Crippen molar-refractivity contribution in [3.63, 3.8) is 0 Å². The van der Waals surface area contributed by atoms with Crippen LogP contribution in [0.4, 0.5) is 4.39 Å². The largest absolute Gasteiger partial charge is 0.207 e. The van der Waals surface area contributed by atoms with Crippen molar-refractivity contribution in [3.05, 3.63) is 34.6 Å². The van der Waals surface area contributed by atoms with E-state index in [9.17, 15) is 4.39 Å². The molecular weight excluding hydrogens is 222 g/mol. The number of hydrogen-bond donors (Lipinski definition) is 0. The van der Waals surface area contributed by atoms with Crippen LogP contribution in [0.2, 0.25) is 5.02 Å². The molecule has 1 aliphatic rings. The third kappa shape index (κ3) is 2.04. The van der Waals surface area contributed by atoms with E-state index in [2.05, 4.69) is 0 Å². The van der Waals surface area contributed by atoms with Crippen LogP contribution >= 0.6 is 23.2 Å². The number of hydrogen-bond acceptors (Lipinski definition) is 0. The van der Waals surface area contributed by atoms with Gasteiger partial charge in [0.05, 0.1) is 0 Å². The number of benzene rings is 1. The number of halogens is 3. The predicted molar refractivity (Wildman–Crippen MR) is 57.5 cm³/mol. The Morgan fingerprint density at radius 3 is 2.64 bits per heavy atom. The van der Waals surface area contributed by atoms with E-state index >= 15 is 0 Å². The highest BCUT2D eigenvalue weighted by Crippen LogP contribution is 2.49. The van der Waals surface area contributed by atoms with Gasteiger partial charge in [0.1, 0.15) is 5.82 Å². The summed E-state index contributed by atoms with van der Waals surface area (Å²) in [5.41, 5.74) is 0.836. The lowest BCUT2D eigenvalue weighted by Gasteiger charge is -2.11. The Labute approximate surface area is 93.0 Å². The lowest BCUT2D eigenvalue weighted by Crippen LogP contribution is -2.08. The van der Waals surface area contributed by atoms with E-state index in [4.69, 9.17) is 23.2 Å². The molecule has 0 unspecified atom stereocenters. The van der Waals surface area contributed by atoms with Crippen LogP contribution in [0, 0.1) is 11.2 Å². The Hall–Kier alpha value is -0.270. The van der Waals surface area contributed by atoms with Gasteiger partial charge in [0, 0.05) is 10.9 Å². The van der Waals surface area contributed by atoms with Crippen molar-refractivity contribution in [1.29, 1.82) is 0 Å². The maximum absolute atomic E-state index is 13.4. The second-order valence-electron chi connectivity index (χ2n) is 4.05. The van der Waals surface area contributed by atoms with Crippen molar-refractivity contribution >= 4 is 23.2 Å². The SMILES string of the molecule is Fc1ccc(Cl)cc1CC1(CCl)CC1. The third-order valence-electron chi connectivity index (χ3n) is 2.81. The molecule has 0 spiro atoms. The van der Waals surface area contributed by atoms with E-state index in [0.717, 1.165) is 12.8 Å². The van der Waals surface area contributed by atoms with Crippen molar-refractivity contribution in [3.8, 4) is 0 Å². The first-order chi connectivity index (χ1) is 6.65. The zero-order valence-corrected chi connectivity index (χ0v) is 9.21. The average Bonchev–Trinajstić information content (AvgIpc) is 2.92. The molecular formula is C11H11Cl2F. The highest BCUT2D eigenvalue weighted by atomic mass is 35.5. The molecule has 0 heterocycles. The first kappa shape index (κ1) is 10.3. The number of rotatable bonds is 3. The maximum atomic E-state index is 13.4. The standard InChI is InChI=1S/C11H11Cl2F/c12-7-11(3-4-11)6-8-5-9(13)1-2-10(8)14/h1-2,5H,3-4,6-7H2. The van der Waals surface area contributed by atoms with Crippen molar-refractivity contribution in [2.45, 2.75) is 19.3 Å². The van der Waals surface area contributed by atoms with Gasteiger partial charge in [-0.15, -0.1) is 11.6 Å². The molecule has 0 radical (unpaired) electrons. The predicted octanol–water partition coefficient (Wildman–Crippen LogP) is 4.04. The summed E-state index contributed by atoms with van der Waals surface area (Å²) >= 11 is 11.7. The topological polar surface area (TPSA) is 0 Å². The van der Waals surface area contributed by atoms with Crippen LogP contribution in [0.3, 0.4) is 0 Å². The first-order valence-corrected chi connectivity index (χ1v) is 5.56. The Bertz CT molecular complexity index is 345. The molecule has 0 N–H and O–H groups in total. The van der Waals surface area contributed by atoms with Crippen LogP contribution < -0.4 is 0 Å². The molecule has 0 nitrogen and oxygen atoms in total. The van der Waals surface area contributed by atoms with E-state index in [1.54, 1.807) is 12.1 Å². The third-order valence-corrected chi connectivity index (χ3v) is 3.62. The molecule has 0 bridgehead atoms. The Kier molecular flexibility index (Phi) is 2.72. The van der Waals surface area contributed by atoms with E-state index < -0.39 is 0 Å². The second kappa shape index (κ2) is 3.71. The van der Waals surface area contributed by atoms with E-state index in [0.29, 0.717) is 22.9 Å². The fourth-order valence-electron chi connectivity index (χ4n) is 1.62. The Morgan fingerprint density at radius 1 is 1.36 bits per heavy atom. The van der Waals surface area contributed by atoms with Crippen molar-refractivity contribution in [1.82, 2.24) is 0 Å². The fraction of sp³-hybridized carbons (Fsp3) is 0.455. The molecule has 14 heavy (non-hydrogen) atoms. The monoisotopic (exact) mass is 232 g/mol. The normalized spacial score (nSPS) is 18.2. The smallest absolute Gasteiger partial charge is 0.126 e. The fourth-order valence-corrected chi connectivity index (χ4v) is 2.17. The van der Waals surface area contributed by atoms with Gasteiger partial charge in [-0.05, 0) is 48.4 Å². The maximum Gasteiger partial charge on any atom is 0.126 e. The van der Waals surface area contributed by atoms with Crippen LogP contribution in [0.15, 0.2) is 18.2 Å². The van der Waals surface area contributed by atoms with E-state index in [1.807, 2.05) is 0 Å². The molecule has 0 amide bonds. The van der Waals surface area contributed by atoms with Crippen LogP contribution in [-0.2, 0) is 6.42 Å². The number of alkyl halides is 1. The van der Waals surface area contributed by atoms with Gasteiger partial charge in [-0.1, -0.05) is 11.6 Å². The second-order valence-corrected chi connectivity index (χ2v) is 4.75. The van der Waals surface area contributed by atoms with Crippen LogP contribution in [0.1, 0.15) is 18.4 Å². The highest BCUT2D eigenvalue weighted by Gasteiger charge is 2.42. The summed E-state index contributed by atoms with van der Waals surface area (Å²) < 4.78 is 13.4. The van der Waals surface area contributed by atoms with Gasteiger partial charge < -0.3 is 0 Å². The zero-order valence-electron chi connectivity index (χ0n) is 7.69. The van der Waals surface area contributed by atoms with Gasteiger partial charge in [0.2, 0.25) is 0 Å². The van der Waals surface area contributed by atoms with Crippen LogP contribution in [-0.4, -0.2) is 5.88 Å². The summed E-state index contributed by atoms with van der Waals surface area (Å²) in [6, 6.07) is 4.69. The summed E-state index contributed by atoms with van der Waals surface area (Å²) in [5, 5.41) is 0.590. The summed E-state index contributed by atoms with van der Waals surface area (Å²) in [4.78, 5) is 0. The molecule has 0 aromatic heterocycles. The molecule has 0 atom stereocenters. The molecule has 1 aromatic carbocycles. The van der Waals surface area contributed by atoms with Crippen molar-refractivity contribution in [2.75, 3.05) is 5.88 Å². The van der Waals surface area contributed by atoms with Crippen molar-refractivity contribution < 1.29 is 4.39 Å². The molecule has 1 aliphatic carbocycles. The highest BCUT2D eigenvalue weighted by molar-refractivity contribution is 6.30. The van der Waals surface area contributed by atoms with Gasteiger partial charge >= 0.3 is 0 Å². The summed E-state index contributed by atoms with van der Waals surface area (Å²) in [6.07, 6.45) is 2.91. The summed E-state index contributed by atoms with van der Waals surface area (Å²) in [7, 11) is 0. The molecule has 1 saturated carbocycles. The van der Waals surface area contributed by atoms with Gasteiger partial charge in [-0.3, -0.25) is 0 Å². The van der Waals surface area contributed by atoms with Crippen LogP contribution in [0.5, 0.6) is 0 Å². The first-order valence-electron chi connectivity index (χ1n) is 4.65. The van der Waals surface area contributed by atoms with E-state index in [-0.39, 0.29) is 11.2 Å². The molecule has 2 rings (SSSR count). The zero-order chi connectivity index (χ0) is 10.2. The minimum atomic E-state index is -0.175. The Balaban J connectivity index is 2.20. The summed E-state index contributed by atoms with van der Waals surface area (Å²) in [5.74, 6) is 0.435. The molecule has 76 valence electrons. The summed E-state index contributed by atoms with van der Waals surface area (Å²) in [6.45, 7) is 0. The van der Waals surface area contributed by atoms with Crippen molar-refractivity contribution in [2.24, 2.45) is 5.41 Å². The lowest BCUT2D eigenvalue weighted by atomic mass is 9.98. The molecule has 1 fully saturated rings. The minimum absolute atomic E-state index is 0.146. The van der Waals surface area contributed by atoms with Crippen LogP contribution in [0.25, 0.3) is 0 Å². The van der Waals surface area contributed by atoms with Gasteiger partial charge in [0.15, 0.2) is 0 Å². The van der Waals surface area contributed by atoms with Gasteiger partial charge in [-0.25, -0.2) is 4.39 Å². The lowest BCUT2D eigenvalue weighted by molar-refractivity contribution is 0.539. The minimum Gasteiger partial charge on any atom is -0.207 e. The quantitative estimate of drug-likeness (QED) is 0.691. The van der Waals surface area contributed by atoms with Gasteiger partial charge in [0.25, 0.3) is 0 Å². The molecule has 0 saturated heterocycles. The molecule has 1 aromatic rings. The average molecular weight is 233 g/mol. The molecule has 3 heteroatoms.